The SMILES string of the molecule is Cc1ccc(C(=O)NCC(=O)Nc2ccc(Br)cc2C(=O)N2C[C@H](C)C[C@H](C)C2)o1. The Kier molecular flexibility index (Phi) is 6.97. The highest BCUT2D eigenvalue weighted by molar-refractivity contribution is 9.10. The van der Waals surface area contributed by atoms with Crippen molar-refractivity contribution in [3.8, 4) is 0 Å². The van der Waals surface area contributed by atoms with Crippen LogP contribution in [0.4, 0.5) is 5.69 Å². The van der Waals surface area contributed by atoms with Crippen molar-refractivity contribution < 1.29 is 18.8 Å². The van der Waals surface area contributed by atoms with Gasteiger partial charge in [0.25, 0.3) is 11.8 Å². The molecule has 2 aromatic rings. The summed E-state index contributed by atoms with van der Waals surface area (Å²) in [6.45, 7) is 7.17. The van der Waals surface area contributed by atoms with E-state index in [1.807, 2.05) is 4.90 Å². The summed E-state index contributed by atoms with van der Waals surface area (Å²) >= 11 is 3.41. The zero-order valence-electron chi connectivity index (χ0n) is 17.3. The molecule has 0 radical (unpaired) electrons. The van der Waals surface area contributed by atoms with Gasteiger partial charge in [0.1, 0.15) is 5.76 Å². The standard InChI is InChI=1S/C22H26BrN3O4/c1-13-8-14(2)12-26(11-13)22(29)17-9-16(23)5-6-18(17)25-20(27)10-24-21(28)19-7-4-15(3)30-19/h4-7,9,13-14H,8,10-12H2,1-3H3,(H,24,28)(H,25,27)/t13-,14+. The number of anilines is 1. The number of nitrogens with one attached hydrogen (secondary N) is 2. The maximum absolute atomic E-state index is 13.2. The van der Waals surface area contributed by atoms with E-state index in [2.05, 4.69) is 40.4 Å². The van der Waals surface area contributed by atoms with Gasteiger partial charge in [0, 0.05) is 17.6 Å². The van der Waals surface area contributed by atoms with Gasteiger partial charge >= 0.3 is 0 Å². The molecule has 1 aromatic carbocycles. The highest BCUT2D eigenvalue weighted by atomic mass is 79.9. The van der Waals surface area contributed by atoms with E-state index in [4.69, 9.17) is 4.42 Å². The minimum absolute atomic E-state index is 0.111. The number of rotatable bonds is 5. The Morgan fingerprint density at radius 1 is 1.13 bits per heavy atom. The molecule has 0 unspecified atom stereocenters. The van der Waals surface area contributed by atoms with Crippen LogP contribution in [0.2, 0.25) is 0 Å². The van der Waals surface area contributed by atoms with Gasteiger partial charge in [0.05, 0.1) is 17.8 Å². The van der Waals surface area contributed by atoms with Crippen molar-refractivity contribution in [2.75, 3.05) is 25.0 Å². The normalized spacial score (nSPS) is 18.7. The molecule has 2 atom stereocenters. The third-order valence-corrected chi connectivity index (χ3v) is 5.51. The fourth-order valence-corrected chi connectivity index (χ4v) is 4.16. The first-order valence-electron chi connectivity index (χ1n) is 9.96. The molecule has 7 nitrogen and oxygen atoms in total. The van der Waals surface area contributed by atoms with Gasteiger partial charge in [0.2, 0.25) is 5.91 Å². The van der Waals surface area contributed by atoms with Crippen molar-refractivity contribution in [2.24, 2.45) is 11.8 Å². The average molecular weight is 476 g/mol. The van der Waals surface area contributed by atoms with Gasteiger partial charge in [0.15, 0.2) is 5.76 Å². The van der Waals surface area contributed by atoms with E-state index in [1.54, 1.807) is 37.3 Å². The molecule has 160 valence electrons. The Labute approximate surface area is 184 Å². The summed E-state index contributed by atoms with van der Waals surface area (Å²) in [4.78, 5) is 39.5. The predicted octanol–water partition coefficient (Wildman–Crippen LogP) is 3.84. The number of carbonyl (C=O) groups is 3. The Morgan fingerprint density at radius 2 is 1.83 bits per heavy atom. The summed E-state index contributed by atoms with van der Waals surface area (Å²) in [5.74, 6) is 0.619. The van der Waals surface area contributed by atoms with E-state index in [9.17, 15) is 14.4 Å². The van der Waals surface area contributed by atoms with Crippen molar-refractivity contribution in [3.05, 3.63) is 51.9 Å². The van der Waals surface area contributed by atoms with E-state index in [0.717, 1.165) is 10.9 Å². The number of carbonyl (C=O) groups excluding carboxylic acids is 3. The van der Waals surface area contributed by atoms with Crippen LogP contribution in [0, 0.1) is 18.8 Å². The molecule has 30 heavy (non-hydrogen) atoms. The molecule has 2 heterocycles. The zero-order valence-corrected chi connectivity index (χ0v) is 18.9. The molecule has 1 fully saturated rings. The van der Waals surface area contributed by atoms with E-state index >= 15 is 0 Å². The van der Waals surface area contributed by atoms with Crippen molar-refractivity contribution in [1.29, 1.82) is 0 Å². The number of nitrogens with zero attached hydrogens (tertiary/aromatic N) is 1. The highest BCUT2D eigenvalue weighted by Crippen LogP contribution is 2.27. The summed E-state index contributed by atoms with van der Waals surface area (Å²) in [7, 11) is 0. The highest BCUT2D eigenvalue weighted by Gasteiger charge is 2.28. The first-order valence-corrected chi connectivity index (χ1v) is 10.8. The number of aryl methyl sites for hydroxylation is 1. The van der Waals surface area contributed by atoms with E-state index in [-0.39, 0.29) is 18.2 Å². The number of halogens is 1. The minimum Gasteiger partial charge on any atom is -0.456 e. The molecule has 8 heteroatoms. The van der Waals surface area contributed by atoms with Gasteiger partial charge in [-0.25, -0.2) is 0 Å². The number of likely N-dealkylation sites (tertiary alicyclic amines) is 1. The van der Waals surface area contributed by atoms with Crippen LogP contribution in [-0.4, -0.2) is 42.3 Å². The first-order chi connectivity index (χ1) is 14.2. The predicted molar refractivity (Wildman–Crippen MR) is 117 cm³/mol. The lowest BCUT2D eigenvalue weighted by Gasteiger charge is -2.35. The summed E-state index contributed by atoms with van der Waals surface area (Å²) in [5, 5.41) is 5.26. The van der Waals surface area contributed by atoms with Gasteiger partial charge in [-0.2, -0.15) is 0 Å². The fourth-order valence-electron chi connectivity index (χ4n) is 3.80. The van der Waals surface area contributed by atoms with Crippen LogP contribution >= 0.6 is 15.9 Å². The Morgan fingerprint density at radius 3 is 2.47 bits per heavy atom. The second-order valence-corrected chi connectivity index (χ2v) is 8.90. The third kappa shape index (κ3) is 5.50. The fraction of sp³-hybridized carbons (Fsp3) is 0.409. The molecule has 0 bridgehead atoms. The molecule has 1 saturated heterocycles. The largest absolute Gasteiger partial charge is 0.456 e. The molecular weight excluding hydrogens is 450 g/mol. The van der Waals surface area contributed by atoms with Crippen molar-refractivity contribution in [2.45, 2.75) is 27.2 Å². The van der Waals surface area contributed by atoms with Gasteiger partial charge in [-0.3, -0.25) is 14.4 Å². The Bertz CT molecular complexity index is 946. The second kappa shape index (κ2) is 9.47. The lowest BCUT2D eigenvalue weighted by Crippen LogP contribution is -2.43. The average Bonchev–Trinajstić information content (AvgIpc) is 3.12. The number of benzene rings is 1. The molecular formula is C22H26BrN3O4. The lowest BCUT2D eigenvalue weighted by molar-refractivity contribution is -0.115. The molecule has 0 saturated carbocycles. The van der Waals surface area contributed by atoms with Crippen molar-refractivity contribution in [3.63, 3.8) is 0 Å². The van der Waals surface area contributed by atoms with Crippen LogP contribution in [0.3, 0.4) is 0 Å². The van der Waals surface area contributed by atoms with Crippen LogP contribution in [-0.2, 0) is 4.79 Å². The van der Waals surface area contributed by atoms with Crippen LogP contribution < -0.4 is 10.6 Å². The quantitative estimate of drug-likeness (QED) is 0.686. The van der Waals surface area contributed by atoms with Gasteiger partial charge in [-0.1, -0.05) is 29.8 Å². The summed E-state index contributed by atoms with van der Waals surface area (Å²) < 4.78 is 6.00. The number of amides is 3. The molecule has 3 amide bonds. The number of furan rings is 1. The smallest absolute Gasteiger partial charge is 0.287 e. The van der Waals surface area contributed by atoms with Crippen LogP contribution in [0.1, 0.15) is 46.9 Å². The van der Waals surface area contributed by atoms with Crippen LogP contribution in [0.5, 0.6) is 0 Å². The topological polar surface area (TPSA) is 91.7 Å². The van der Waals surface area contributed by atoms with E-state index in [0.29, 0.717) is 41.9 Å². The molecule has 0 aliphatic carbocycles. The van der Waals surface area contributed by atoms with Crippen LogP contribution in [0.25, 0.3) is 0 Å². The van der Waals surface area contributed by atoms with Crippen molar-refractivity contribution >= 4 is 39.3 Å². The summed E-state index contributed by atoms with van der Waals surface area (Å²) in [6.07, 6.45) is 1.10. The van der Waals surface area contributed by atoms with Gasteiger partial charge in [-0.05, 0) is 55.5 Å². The second-order valence-electron chi connectivity index (χ2n) is 7.99. The van der Waals surface area contributed by atoms with Crippen molar-refractivity contribution in [1.82, 2.24) is 10.2 Å². The van der Waals surface area contributed by atoms with E-state index < -0.39 is 11.8 Å². The van der Waals surface area contributed by atoms with Crippen LogP contribution in [0.15, 0.2) is 39.2 Å². The third-order valence-electron chi connectivity index (χ3n) is 5.02. The van der Waals surface area contributed by atoms with Gasteiger partial charge < -0.3 is 20.0 Å². The molecule has 0 spiro atoms. The number of piperidine rings is 1. The summed E-state index contributed by atoms with van der Waals surface area (Å²) in [5.41, 5.74) is 0.842. The molecule has 1 aromatic heterocycles. The molecule has 3 rings (SSSR count). The maximum atomic E-state index is 13.2. The molecule has 1 aliphatic heterocycles. The summed E-state index contributed by atoms with van der Waals surface area (Å²) in [6, 6.07) is 8.39. The maximum Gasteiger partial charge on any atom is 0.287 e. The minimum atomic E-state index is -0.471. The monoisotopic (exact) mass is 475 g/mol. The Hall–Kier alpha value is -2.61. The zero-order chi connectivity index (χ0) is 21.8. The van der Waals surface area contributed by atoms with Gasteiger partial charge in [-0.15, -0.1) is 0 Å². The first kappa shape index (κ1) is 22.1. The molecule has 2 N–H and O–H groups in total. The number of hydrogen-bond donors (Lipinski definition) is 2. The Balaban J connectivity index is 1.68. The number of hydrogen-bond acceptors (Lipinski definition) is 4. The van der Waals surface area contributed by atoms with E-state index in [1.165, 1.54) is 0 Å². The molecule has 1 aliphatic rings. The lowest BCUT2D eigenvalue weighted by atomic mass is 9.91.